The molecule has 1 aliphatic rings. The van der Waals surface area contributed by atoms with Gasteiger partial charge in [-0.25, -0.2) is 9.07 Å². The molecular formula is C13H9F4N5O2. The van der Waals surface area contributed by atoms with Crippen molar-refractivity contribution in [2.75, 3.05) is 10.6 Å². The first-order valence-electron chi connectivity index (χ1n) is 6.64. The Hall–Kier alpha value is -2.98. The summed E-state index contributed by atoms with van der Waals surface area (Å²) in [4.78, 5) is 27.0. The average molecular weight is 343 g/mol. The Balaban J connectivity index is 1.88. The monoisotopic (exact) mass is 343 g/mol. The fourth-order valence-electron chi connectivity index (χ4n) is 2.15. The summed E-state index contributed by atoms with van der Waals surface area (Å²) in [7, 11) is 0. The summed E-state index contributed by atoms with van der Waals surface area (Å²) >= 11 is 0. The molecule has 0 saturated heterocycles. The first kappa shape index (κ1) is 15.9. The van der Waals surface area contributed by atoms with E-state index in [0.29, 0.717) is 4.68 Å². The van der Waals surface area contributed by atoms with Crippen molar-refractivity contribution in [3.8, 4) is 0 Å². The number of nitrogens with one attached hydrogen (secondary N) is 2. The zero-order chi connectivity index (χ0) is 17.5. The molecule has 2 N–H and O–H groups in total. The van der Waals surface area contributed by atoms with Crippen LogP contribution in [0.5, 0.6) is 0 Å². The number of amides is 2. The van der Waals surface area contributed by atoms with E-state index < -0.39 is 48.0 Å². The van der Waals surface area contributed by atoms with E-state index in [0.717, 1.165) is 12.1 Å². The summed E-state index contributed by atoms with van der Waals surface area (Å²) in [6.07, 6.45) is -5.21. The molecular weight excluding hydrogens is 334 g/mol. The fourth-order valence-corrected chi connectivity index (χ4v) is 2.15. The molecule has 24 heavy (non-hydrogen) atoms. The van der Waals surface area contributed by atoms with Gasteiger partial charge >= 0.3 is 6.18 Å². The van der Waals surface area contributed by atoms with Crippen molar-refractivity contribution in [1.82, 2.24) is 14.8 Å². The van der Waals surface area contributed by atoms with E-state index >= 15 is 0 Å². The van der Waals surface area contributed by atoms with Gasteiger partial charge in [0.15, 0.2) is 0 Å². The van der Waals surface area contributed by atoms with Gasteiger partial charge < -0.3 is 5.32 Å². The van der Waals surface area contributed by atoms with Gasteiger partial charge in [-0.05, 0) is 24.3 Å². The van der Waals surface area contributed by atoms with Crippen LogP contribution in [0.25, 0.3) is 0 Å². The second-order valence-electron chi connectivity index (χ2n) is 4.97. The number of rotatable bonds is 2. The summed E-state index contributed by atoms with van der Waals surface area (Å²) < 4.78 is 51.7. The molecule has 0 fully saturated rings. The minimum absolute atomic E-state index is 0.227. The van der Waals surface area contributed by atoms with Crippen molar-refractivity contribution in [1.29, 1.82) is 0 Å². The molecule has 1 aliphatic heterocycles. The highest BCUT2D eigenvalue weighted by molar-refractivity contribution is 6.00. The second-order valence-corrected chi connectivity index (χ2v) is 4.97. The Morgan fingerprint density at radius 2 is 1.96 bits per heavy atom. The largest absolute Gasteiger partial charge is 0.453 e. The van der Waals surface area contributed by atoms with Crippen LogP contribution in [0.1, 0.15) is 18.3 Å². The predicted octanol–water partition coefficient (Wildman–Crippen LogP) is 1.96. The number of alkyl halides is 3. The molecule has 0 radical (unpaired) electrons. The van der Waals surface area contributed by atoms with Crippen LogP contribution >= 0.6 is 0 Å². The van der Waals surface area contributed by atoms with Gasteiger partial charge in [0.05, 0.1) is 6.42 Å². The summed E-state index contributed by atoms with van der Waals surface area (Å²) in [6.45, 7) is 0. The molecule has 1 atom stereocenters. The van der Waals surface area contributed by atoms with Gasteiger partial charge in [-0.2, -0.15) is 18.2 Å². The molecule has 0 spiro atoms. The summed E-state index contributed by atoms with van der Waals surface area (Å²) in [6, 6.07) is 3.46. The Morgan fingerprint density at radius 1 is 1.29 bits per heavy atom. The van der Waals surface area contributed by atoms with Gasteiger partial charge in [-0.15, -0.1) is 5.10 Å². The first-order chi connectivity index (χ1) is 11.2. The van der Waals surface area contributed by atoms with E-state index in [1.807, 2.05) is 0 Å². The summed E-state index contributed by atoms with van der Waals surface area (Å²) in [5, 5.41) is 7.78. The van der Waals surface area contributed by atoms with Crippen LogP contribution in [0.3, 0.4) is 0 Å². The Morgan fingerprint density at radius 3 is 2.58 bits per heavy atom. The molecule has 1 aromatic heterocycles. The van der Waals surface area contributed by atoms with Crippen LogP contribution in [-0.2, 0) is 15.8 Å². The number of nitrogens with zero attached hydrogens (tertiary/aromatic N) is 3. The first-order valence-corrected chi connectivity index (χ1v) is 6.64. The lowest BCUT2D eigenvalue weighted by Crippen LogP contribution is -2.36. The quantitative estimate of drug-likeness (QED) is 0.816. The number of hydrogen-bond donors (Lipinski definition) is 2. The molecule has 2 heterocycles. The Bertz CT molecular complexity index is 800. The van der Waals surface area contributed by atoms with Gasteiger partial charge in [0.1, 0.15) is 11.9 Å². The lowest BCUT2D eigenvalue weighted by Gasteiger charge is -2.22. The number of fused-ring (bicyclic) bond motifs is 1. The number of halogens is 4. The van der Waals surface area contributed by atoms with Crippen LogP contribution in [0.2, 0.25) is 0 Å². The van der Waals surface area contributed by atoms with Crippen molar-refractivity contribution in [3.05, 3.63) is 35.9 Å². The SMILES string of the molecule is O=C1CC(C(=O)Nc2ccc(F)cc2)n2nc(C(F)(F)F)nc2N1. The number of hydrogen-bond acceptors (Lipinski definition) is 4. The third kappa shape index (κ3) is 3.05. The van der Waals surface area contributed by atoms with Crippen molar-refractivity contribution in [2.45, 2.75) is 18.6 Å². The highest BCUT2D eigenvalue weighted by atomic mass is 19.4. The Kier molecular flexibility index (Phi) is 3.70. The standard InChI is InChI=1S/C13H9F4N5O2/c14-6-1-3-7(4-2-6)18-10(24)8-5-9(23)19-12-20-11(13(15,16)17)21-22(8)12/h1-4,8H,5H2,(H,18,24)(H,19,20,21,23). The van der Waals surface area contributed by atoms with Crippen LogP contribution in [0.15, 0.2) is 24.3 Å². The summed E-state index contributed by atoms with van der Waals surface area (Å²) in [5.41, 5.74) is 0.227. The van der Waals surface area contributed by atoms with Gasteiger partial charge in [0, 0.05) is 5.69 Å². The number of aromatic nitrogens is 3. The maximum atomic E-state index is 12.8. The summed E-state index contributed by atoms with van der Waals surface area (Å²) in [5.74, 6) is -3.87. The molecule has 1 aromatic carbocycles. The molecule has 1 unspecified atom stereocenters. The van der Waals surface area contributed by atoms with E-state index in [-0.39, 0.29) is 5.69 Å². The fraction of sp³-hybridized carbons (Fsp3) is 0.231. The maximum Gasteiger partial charge on any atom is 0.453 e. The topological polar surface area (TPSA) is 88.9 Å². The van der Waals surface area contributed by atoms with E-state index in [1.54, 1.807) is 0 Å². The molecule has 0 bridgehead atoms. The van der Waals surface area contributed by atoms with Gasteiger partial charge in [-0.3, -0.25) is 14.9 Å². The lowest BCUT2D eigenvalue weighted by molar-refractivity contribution is -0.145. The van der Waals surface area contributed by atoms with Crippen molar-refractivity contribution >= 4 is 23.5 Å². The Labute approximate surface area is 131 Å². The molecule has 7 nitrogen and oxygen atoms in total. The normalized spacial score (nSPS) is 17.2. The number of carbonyl (C=O) groups is 2. The van der Waals surface area contributed by atoms with E-state index in [1.165, 1.54) is 12.1 Å². The lowest BCUT2D eigenvalue weighted by atomic mass is 10.1. The van der Waals surface area contributed by atoms with Gasteiger partial charge in [0.2, 0.25) is 17.8 Å². The van der Waals surface area contributed by atoms with Crippen LogP contribution < -0.4 is 10.6 Å². The average Bonchev–Trinajstić information content (AvgIpc) is 2.92. The van der Waals surface area contributed by atoms with Gasteiger partial charge in [0.25, 0.3) is 5.82 Å². The van der Waals surface area contributed by atoms with Gasteiger partial charge in [-0.1, -0.05) is 0 Å². The zero-order valence-electron chi connectivity index (χ0n) is 11.8. The minimum atomic E-state index is -4.81. The van der Waals surface area contributed by atoms with Crippen LogP contribution in [-0.4, -0.2) is 26.6 Å². The maximum absolute atomic E-state index is 12.8. The zero-order valence-corrected chi connectivity index (χ0v) is 11.8. The van der Waals surface area contributed by atoms with Crippen molar-refractivity contribution in [3.63, 3.8) is 0 Å². The third-order valence-corrected chi connectivity index (χ3v) is 3.22. The minimum Gasteiger partial charge on any atom is -0.324 e. The second kappa shape index (κ2) is 5.58. The predicted molar refractivity (Wildman–Crippen MR) is 72.3 cm³/mol. The molecule has 3 rings (SSSR count). The molecule has 2 amide bonds. The number of benzene rings is 1. The van der Waals surface area contributed by atoms with Crippen LogP contribution in [0.4, 0.5) is 29.2 Å². The van der Waals surface area contributed by atoms with Crippen molar-refractivity contribution in [2.24, 2.45) is 0 Å². The highest BCUT2D eigenvalue weighted by Crippen LogP contribution is 2.31. The third-order valence-electron chi connectivity index (χ3n) is 3.22. The van der Waals surface area contributed by atoms with E-state index in [9.17, 15) is 27.2 Å². The molecule has 0 aliphatic carbocycles. The molecule has 126 valence electrons. The molecule has 2 aromatic rings. The number of carbonyl (C=O) groups excluding carboxylic acids is 2. The molecule has 0 saturated carbocycles. The smallest absolute Gasteiger partial charge is 0.324 e. The highest BCUT2D eigenvalue weighted by Gasteiger charge is 2.41. The van der Waals surface area contributed by atoms with E-state index in [4.69, 9.17) is 0 Å². The van der Waals surface area contributed by atoms with E-state index in [2.05, 4.69) is 20.7 Å². The molecule has 11 heteroatoms. The number of anilines is 2. The van der Waals surface area contributed by atoms with Crippen molar-refractivity contribution < 1.29 is 27.2 Å². The van der Waals surface area contributed by atoms with Crippen LogP contribution in [0, 0.1) is 5.82 Å².